The van der Waals surface area contributed by atoms with Crippen LogP contribution >= 0.6 is 0 Å². The van der Waals surface area contributed by atoms with Crippen molar-refractivity contribution in [3.05, 3.63) is 30.3 Å². The van der Waals surface area contributed by atoms with Gasteiger partial charge in [-0.25, -0.2) is 12.7 Å². The molecular formula is C9H13N2O2S. The van der Waals surface area contributed by atoms with Crippen LogP contribution in [0.5, 0.6) is 0 Å². The van der Waals surface area contributed by atoms with Gasteiger partial charge >= 0.3 is 0 Å². The van der Waals surface area contributed by atoms with E-state index in [4.69, 9.17) is 0 Å². The van der Waals surface area contributed by atoms with Gasteiger partial charge in [-0.3, -0.25) is 0 Å². The summed E-state index contributed by atoms with van der Waals surface area (Å²) < 4.78 is 23.9. The third-order valence-corrected chi connectivity index (χ3v) is 3.34. The Bertz CT molecular complexity index is 373. The summed E-state index contributed by atoms with van der Waals surface area (Å²) in [6, 6.07) is 9.90. The molecule has 0 saturated carbocycles. The highest BCUT2D eigenvalue weighted by Crippen LogP contribution is 2.05. The Labute approximate surface area is 84.6 Å². The minimum Gasteiger partial charge on any atom is -0.370 e. The maximum absolute atomic E-state index is 11.4. The van der Waals surface area contributed by atoms with Crippen LogP contribution in [-0.4, -0.2) is 32.7 Å². The average Bonchev–Trinajstić information content (AvgIpc) is 2.16. The Balaban J connectivity index is 2.58. The second-order valence-electron chi connectivity index (χ2n) is 3.01. The van der Waals surface area contributed by atoms with Crippen LogP contribution in [0.15, 0.2) is 24.3 Å². The molecule has 0 heterocycles. The van der Waals surface area contributed by atoms with Crippen molar-refractivity contribution in [1.82, 2.24) is 4.31 Å². The van der Waals surface area contributed by atoms with E-state index in [-0.39, 0.29) is 5.88 Å². The Kier molecular flexibility index (Phi) is 3.49. The van der Waals surface area contributed by atoms with Crippen LogP contribution in [0, 0.1) is 6.07 Å². The molecule has 0 aliphatic rings. The molecule has 77 valence electrons. The van der Waals surface area contributed by atoms with Gasteiger partial charge < -0.3 is 5.32 Å². The van der Waals surface area contributed by atoms with E-state index in [1.165, 1.54) is 18.4 Å². The first-order valence-corrected chi connectivity index (χ1v) is 5.73. The van der Waals surface area contributed by atoms with E-state index in [1.807, 2.05) is 0 Å². The van der Waals surface area contributed by atoms with Gasteiger partial charge in [-0.2, -0.15) is 0 Å². The summed E-state index contributed by atoms with van der Waals surface area (Å²) in [5.41, 5.74) is 0.748. The van der Waals surface area contributed by atoms with Crippen LogP contribution in [0.3, 0.4) is 0 Å². The van der Waals surface area contributed by atoms with Crippen molar-refractivity contribution < 1.29 is 8.42 Å². The maximum Gasteiger partial charge on any atom is 0.231 e. The standard InChI is InChI=1S/C9H13N2O2S/c1-11(2)14(12,13)8-10-9-6-4-3-5-7-9/h3-4,6-7,10H,8H2,1-2H3. The average molecular weight is 213 g/mol. The molecule has 5 heteroatoms. The number of rotatable bonds is 4. The van der Waals surface area contributed by atoms with Gasteiger partial charge in [-0.1, -0.05) is 12.1 Å². The maximum atomic E-state index is 11.4. The van der Waals surface area contributed by atoms with E-state index in [0.717, 1.165) is 5.69 Å². The smallest absolute Gasteiger partial charge is 0.231 e. The molecule has 0 spiro atoms. The molecular weight excluding hydrogens is 200 g/mol. The highest BCUT2D eigenvalue weighted by molar-refractivity contribution is 7.89. The van der Waals surface area contributed by atoms with Crippen molar-refractivity contribution in [3.8, 4) is 0 Å². The Morgan fingerprint density at radius 2 is 2.21 bits per heavy atom. The summed E-state index contributed by atoms with van der Waals surface area (Å²) in [5.74, 6) is -0.0994. The Morgan fingerprint density at radius 3 is 2.71 bits per heavy atom. The van der Waals surface area contributed by atoms with E-state index in [9.17, 15) is 8.42 Å². The highest BCUT2D eigenvalue weighted by Gasteiger charge is 2.12. The molecule has 4 nitrogen and oxygen atoms in total. The second kappa shape index (κ2) is 4.43. The van der Waals surface area contributed by atoms with Gasteiger partial charge in [-0.05, 0) is 18.2 Å². The normalized spacial score (nSPS) is 11.6. The molecule has 1 aromatic carbocycles. The van der Waals surface area contributed by atoms with Crippen LogP contribution in [0.4, 0.5) is 5.69 Å². The van der Waals surface area contributed by atoms with Crippen molar-refractivity contribution in [3.63, 3.8) is 0 Å². The second-order valence-corrected chi connectivity index (χ2v) is 5.19. The van der Waals surface area contributed by atoms with Crippen molar-refractivity contribution in [2.75, 3.05) is 25.3 Å². The predicted molar refractivity (Wildman–Crippen MR) is 56.4 cm³/mol. The minimum atomic E-state index is -3.19. The quantitative estimate of drug-likeness (QED) is 0.803. The molecule has 0 saturated heterocycles. The third kappa shape index (κ3) is 3.01. The molecule has 0 bridgehead atoms. The predicted octanol–water partition coefficient (Wildman–Crippen LogP) is 0.748. The molecule has 0 aliphatic carbocycles. The van der Waals surface area contributed by atoms with Crippen molar-refractivity contribution in [2.45, 2.75) is 0 Å². The first kappa shape index (κ1) is 11.0. The largest absolute Gasteiger partial charge is 0.370 e. The lowest BCUT2D eigenvalue weighted by atomic mass is 10.3. The van der Waals surface area contributed by atoms with Gasteiger partial charge in [0.1, 0.15) is 5.88 Å². The monoisotopic (exact) mass is 213 g/mol. The molecule has 14 heavy (non-hydrogen) atoms. The zero-order chi connectivity index (χ0) is 10.6. The summed E-state index contributed by atoms with van der Waals surface area (Å²) in [7, 11) is -0.172. The number of hydrogen-bond acceptors (Lipinski definition) is 3. The topological polar surface area (TPSA) is 49.4 Å². The van der Waals surface area contributed by atoms with Crippen molar-refractivity contribution in [2.24, 2.45) is 0 Å². The van der Waals surface area contributed by atoms with Crippen LogP contribution in [0.1, 0.15) is 0 Å². The molecule has 1 aromatic rings. The zero-order valence-electron chi connectivity index (χ0n) is 8.19. The fraction of sp³-hybridized carbons (Fsp3) is 0.333. The highest BCUT2D eigenvalue weighted by atomic mass is 32.2. The molecule has 1 rings (SSSR count). The molecule has 0 amide bonds. The molecule has 0 aliphatic heterocycles. The number of nitrogens with zero attached hydrogens (tertiary/aromatic N) is 1. The van der Waals surface area contributed by atoms with Gasteiger partial charge in [-0.15, -0.1) is 0 Å². The molecule has 0 aromatic heterocycles. The number of anilines is 1. The van der Waals surface area contributed by atoms with Gasteiger partial charge in [0.15, 0.2) is 0 Å². The first-order chi connectivity index (χ1) is 6.52. The van der Waals surface area contributed by atoms with E-state index in [2.05, 4.69) is 11.4 Å². The number of nitrogens with one attached hydrogen (secondary N) is 1. The number of sulfonamides is 1. The number of benzene rings is 1. The van der Waals surface area contributed by atoms with E-state index < -0.39 is 10.0 Å². The summed E-state index contributed by atoms with van der Waals surface area (Å²) in [4.78, 5) is 0. The molecule has 0 atom stereocenters. The molecule has 1 N–H and O–H groups in total. The lowest BCUT2D eigenvalue weighted by Gasteiger charge is -2.12. The fourth-order valence-corrected chi connectivity index (χ4v) is 1.41. The summed E-state index contributed by atoms with van der Waals surface area (Å²) in [6.45, 7) is 0. The lowest BCUT2D eigenvalue weighted by molar-refractivity contribution is 0.522. The van der Waals surface area contributed by atoms with Crippen molar-refractivity contribution in [1.29, 1.82) is 0 Å². The lowest BCUT2D eigenvalue weighted by Crippen LogP contribution is -2.28. The van der Waals surface area contributed by atoms with Crippen LogP contribution < -0.4 is 5.32 Å². The van der Waals surface area contributed by atoms with Gasteiger partial charge in [0.2, 0.25) is 10.0 Å². The molecule has 1 radical (unpaired) electrons. The Hall–Kier alpha value is -1.07. The van der Waals surface area contributed by atoms with Crippen LogP contribution in [-0.2, 0) is 10.0 Å². The van der Waals surface area contributed by atoms with E-state index in [1.54, 1.807) is 24.3 Å². The van der Waals surface area contributed by atoms with Gasteiger partial charge in [0, 0.05) is 19.8 Å². The van der Waals surface area contributed by atoms with Crippen LogP contribution in [0.2, 0.25) is 0 Å². The van der Waals surface area contributed by atoms with E-state index >= 15 is 0 Å². The van der Waals surface area contributed by atoms with Crippen molar-refractivity contribution >= 4 is 15.7 Å². The third-order valence-electron chi connectivity index (χ3n) is 1.72. The molecule has 0 unspecified atom stereocenters. The first-order valence-electron chi connectivity index (χ1n) is 4.12. The minimum absolute atomic E-state index is 0.0994. The SMILES string of the molecule is CN(C)S(=O)(=O)CNc1c[c]ccc1. The fourth-order valence-electron chi connectivity index (χ4n) is 0.807. The van der Waals surface area contributed by atoms with Crippen LogP contribution in [0.25, 0.3) is 0 Å². The summed E-state index contributed by atoms with van der Waals surface area (Å²) in [5, 5.41) is 2.81. The van der Waals surface area contributed by atoms with Gasteiger partial charge in [0.25, 0.3) is 0 Å². The molecule has 0 fully saturated rings. The summed E-state index contributed by atoms with van der Waals surface area (Å²) >= 11 is 0. The van der Waals surface area contributed by atoms with Gasteiger partial charge in [0.05, 0.1) is 0 Å². The summed E-state index contributed by atoms with van der Waals surface area (Å²) in [6.07, 6.45) is 0. The Morgan fingerprint density at radius 1 is 1.50 bits per heavy atom. The zero-order valence-corrected chi connectivity index (χ0v) is 9.00. The number of hydrogen-bond donors (Lipinski definition) is 1. The van der Waals surface area contributed by atoms with E-state index in [0.29, 0.717) is 0 Å².